The van der Waals surface area contributed by atoms with Gasteiger partial charge in [0, 0.05) is 25.3 Å². The molecule has 2 N–H and O–H groups in total. The Morgan fingerprint density at radius 3 is 2.58 bits per heavy atom. The first kappa shape index (κ1) is 19.3. The predicted octanol–water partition coefficient (Wildman–Crippen LogP) is 4.18. The number of nitrogens with one attached hydrogen (secondary N) is 2. The Morgan fingerprint density at radius 1 is 1.15 bits per heavy atom. The second-order valence-electron chi connectivity index (χ2n) is 7.63. The van der Waals surface area contributed by atoms with Crippen molar-refractivity contribution in [1.82, 2.24) is 10.2 Å². The van der Waals surface area contributed by atoms with Gasteiger partial charge in [-0.2, -0.15) is 0 Å². The molecular formula is C20H31ClN4O. The van der Waals surface area contributed by atoms with Gasteiger partial charge in [0.05, 0.1) is 10.7 Å². The summed E-state index contributed by atoms with van der Waals surface area (Å²) in [5.41, 5.74) is 1.81. The number of halogens is 1. The molecule has 1 aromatic carbocycles. The number of likely N-dealkylation sites (tertiary alicyclic amines) is 1. The Labute approximate surface area is 162 Å². The number of carbonyl (C=O) groups excluding carboxylic acids is 1. The fourth-order valence-electron chi connectivity index (χ4n) is 3.89. The Bertz CT molecular complexity index is 595. The van der Waals surface area contributed by atoms with Crippen LogP contribution >= 0.6 is 11.6 Å². The Hall–Kier alpha value is -1.46. The van der Waals surface area contributed by atoms with Crippen LogP contribution in [0.5, 0.6) is 0 Å². The van der Waals surface area contributed by atoms with Gasteiger partial charge in [0.2, 0.25) is 0 Å². The van der Waals surface area contributed by atoms with E-state index in [1.54, 1.807) is 0 Å². The third kappa shape index (κ3) is 5.52. The average Bonchev–Trinajstić information content (AvgIpc) is 2.64. The smallest absolute Gasteiger partial charge is 0.319 e. The van der Waals surface area contributed by atoms with Gasteiger partial charge in [-0.25, -0.2) is 4.79 Å². The van der Waals surface area contributed by atoms with E-state index >= 15 is 0 Å². The van der Waals surface area contributed by atoms with Crippen LogP contribution in [0.3, 0.4) is 0 Å². The number of urea groups is 1. The van der Waals surface area contributed by atoms with Crippen LogP contribution in [-0.2, 0) is 0 Å². The summed E-state index contributed by atoms with van der Waals surface area (Å²) in [7, 11) is 2.17. The topological polar surface area (TPSA) is 47.6 Å². The van der Waals surface area contributed by atoms with Crippen LogP contribution in [0, 0.1) is 5.92 Å². The molecule has 0 atom stereocenters. The minimum atomic E-state index is -0.153. The molecule has 0 aliphatic carbocycles. The number of carbonyl (C=O) groups is 1. The molecule has 2 saturated heterocycles. The average molecular weight is 379 g/mol. The highest BCUT2D eigenvalue weighted by Gasteiger charge is 2.17. The van der Waals surface area contributed by atoms with E-state index in [0.717, 1.165) is 43.3 Å². The van der Waals surface area contributed by atoms with Crippen molar-refractivity contribution in [3.05, 3.63) is 23.2 Å². The van der Waals surface area contributed by atoms with E-state index in [4.69, 9.17) is 11.6 Å². The highest BCUT2D eigenvalue weighted by atomic mass is 35.5. The van der Waals surface area contributed by atoms with Gasteiger partial charge >= 0.3 is 6.03 Å². The molecule has 0 unspecified atom stereocenters. The number of hydrogen-bond donors (Lipinski definition) is 2. The molecule has 1 aromatic rings. The first-order chi connectivity index (χ1) is 12.6. The molecule has 2 heterocycles. The molecule has 144 valence electrons. The van der Waals surface area contributed by atoms with Gasteiger partial charge in [0.15, 0.2) is 0 Å². The maximum Gasteiger partial charge on any atom is 0.319 e. The van der Waals surface area contributed by atoms with Crippen LogP contribution in [0.25, 0.3) is 0 Å². The summed E-state index contributed by atoms with van der Waals surface area (Å²) in [6.07, 6.45) is 7.24. The van der Waals surface area contributed by atoms with E-state index in [-0.39, 0.29) is 6.03 Å². The molecule has 0 saturated carbocycles. The van der Waals surface area contributed by atoms with Crippen molar-refractivity contribution in [3.8, 4) is 0 Å². The Balaban J connectivity index is 1.43. The van der Waals surface area contributed by atoms with Crippen LogP contribution < -0.4 is 15.5 Å². The van der Waals surface area contributed by atoms with E-state index in [0.29, 0.717) is 5.02 Å². The summed E-state index contributed by atoms with van der Waals surface area (Å²) in [4.78, 5) is 16.8. The van der Waals surface area contributed by atoms with Crippen molar-refractivity contribution in [1.29, 1.82) is 0 Å². The SMILES string of the molecule is CN1CCC(CCNC(=O)Nc2ccc(N3CCCCC3)c(Cl)c2)CC1. The Morgan fingerprint density at radius 2 is 1.88 bits per heavy atom. The first-order valence-electron chi connectivity index (χ1n) is 9.90. The predicted molar refractivity (Wildman–Crippen MR) is 109 cm³/mol. The maximum atomic E-state index is 12.1. The number of nitrogens with zero attached hydrogens (tertiary/aromatic N) is 2. The lowest BCUT2D eigenvalue weighted by atomic mass is 9.94. The molecule has 26 heavy (non-hydrogen) atoms. The quantitative estimate of drug-likeness (QED) is 0.807. The van der Waals surface area contributed by atoms with E-state index in [1.807, 2.05) is 18.2 Å². The molecule has 6 heteroatoms. The fraction of sp³-hybridized carbons (Fsp3) is 0.650. The second-order valence-corrected chi connectivity index (χ2v) is 8.04. The number of rotatable bonds is 5. The van der Waals surface area contributed by atoms with Crippen LogP contribution in [-0.4, -0.2) is 50.7 Å². The van der Waals surface area contributed by atoms with Crippen molar-refractivity contribution in [2.24, 2.45) is 5.92 Å². The molecule has 5 nitrogen and oxygen atoms in total. The number of hydrogen-bond acceptors (Lipinski definition) is 3. The minimum absolute atomic E-state index is 0.153. The maximum absolute atomic E-state index is 12.1. The third-order valence-electron chi connectivity index (χ3n) is 5.58. The van der Waals surface area contributed by atoms with Crippen molar-refractivity contribution < 1.29 is 4.79 Å². The van der Waals surface area contributed by atoms with Gasteiger partial charge in [-0.3, -0.25) is 0 Å². The Kier molecular flexibility index (Phi) is 7.03. The molecule has 3 rings (SSSR count). The van der Waals surface area contributed by atoms with Gasteiger partial charge in [-0.15, -0.1) is 0 Å². The molecule has 2 amide bonds. The van der Waals surface area contributed by atoms with Gasteiger partial charge in [0.1, 0.15) is 0 Å². The molecule has 0 bridgehead atoms. The van der Waals surface area contributed by atoms with Gasteiger partial charge in [-0.05, 0) is 82.8 Å². The monoisotopic (exact) mass is 378 g/mol. The fourth-order valence-corrected chi connectivity index (χ4v) is 4.19. The van der Waals surface area contributed by atoms with Crippen LogP contribution in [0.1, 0.15) is 38.5 Å². The van der Waals surface area contributed by atoms with Crippen molar-refractivity contribution in [2.45, 2.75) is 38.5 Å². The van der Waals surface area contributed by atoms with Crippen LogP contribution in [0.15, 0.2) is 18.2 Å². The first-order valence-corrected chi connectivity index (χ1v) is 10.3. The van der Waals surface area contributed by atoms with E-state index in [9.17, 15) is 4.79 Å². The van der Waals surface area contributed by atoms with Crippen molar-refractivity contribution in [3.63, 3.8) is 0 Å². The number of anilines is 2. The number of piperidine rings is 2. The van der Waals surface area contributed by atoms with Gasteiger partial charge in [-0.1, -0.05) is 11.6 Å². The molecule has 0 aromatic heterocycles. The van der Waals surface area contributed by atoms with Gasteiger partial charge < -0.3 is 20.4 Å². The second kappa shape index (κ2) is 9.47. The zero-order valence-corrected chi connectivity index (χ0v) is 16.5. The summed E-state index contributed by atoms with van der Waals surface area (Å²) in [6.45, 7) is 5.17. The lowest BCUT2D eigenvalue weighted by Crippen LogP contribution is -2.34. The van der Waals surface area contributed by atoms with Crippen LogP contribution in [0.2, 0.25) is 5.02 Å². The summed E-state index contributed by atoms with van der Waals surface area (Å²) in [5.74, 6) is 0.727. The standard InChI is InChI=1S/C20H31ClN4O/c1-24-13-8-16(9-14-24)7-10-22-20(26)23-17-5-6-19(18(21)15-17)25-11-3-2-4-12-25/h5-6,15-16H,2-4,7-14H2,1H3,(H2,22,23,26). The number of amides is 2. The van der Waals surface area contributed by atoms with E-state index in [2.05, 4.69) is 27.5 Å². The lowest BCUT2D eigenvalue weighted by molar-refractivity contribution is 0.211. The highest BCUT2D eigenvalue weighted by molar-refractivity contribution is 6.33. The lowest BCUT2D eigenvalue weighted by Gasteiger charge is -2.29. The molecule has 2 fully saturated rings. The summed E-state index contributed by atoms with van der Waals surface area (Å²) < 4.78 is 0. The van der Waals surface area contributed by atoms with Gasteiger partial charge in [0.25, 0.3) is 0 Å². The molecule has 2 aliphatic heterocycles. The zero-order chi connectivity index (χ0) is 18.4. The molecule has 0 spiro atoms. The highest BCUT2D eigenvalue weighted by Crippen LogP contribution is 2.30. The normalized spacial score (nSPS) is 19.4. The van der Waals surface area contributed by atoms with E-state index in [1.165, 1.54) is 45.2 Å². The molecular weight excluding hydrogens is 348 g/mol. The largest absolute Gasteiger partial charge is 0.370 e. The molecule has 2 aliphatic rings. The zero-order valence-electron chi connectivity index (χ0n) is 15.8. The molecule has 0 radical (unpaired) electrons. The summed E-state index contributed by atoms with van der Waals surface area (Å²) in [6, 6.07) is 5.65. The summed E-state index contributed by atoms with van der Waals surface area (Å²) >= 11 is 6.45. The summed E-state index contributed by atoms with van der Waals surface area (Å²) in [5, 5.41) is 6.57. The third-order valence-corrected chi connectivity index (χ3v) is 5.88. The van der Waals surface area contributed by atoms with Crippen LogP contribution in [0.4, 0.5) is 16.2 Å². The van der Waals surface area contributed by atoms with E-state index < -0.39 is 0 Å². The van der Waals surface area contributed by atoms with Crippen molar-refractivity contribution >= 4 is 29.0 Å². The number of benzene rings is 1. The minimum Gasteiger partial charge on any atom is -0.370 e. The van der Waals surface area contributed by atoms with Crippen molar-refractivity contribution in [2.75, 3.05) is 50.0 Å².